The molecule has 0 bridgehead atoms. The van der Waals surface area contributed by atoms with Crippen molar-refractivity contribution < 1.29 is 4.18 Å². The largest absolute Gasteiger partial charge is 0.303 e. The van der Waals surface area contributed by atoms with E-state index in [-0.39, 0.29) is 0 Å². The van der Waals surface area contributed by atoms with E-state index in [2.05, 4.69) is 32.6 Å². The molecule has 98 valence electrons. The third kappa shape index (κ3) is 6.38. The van der Waals surface area contributed by atoms with Crippen LogP contribution in [-0.4, -0.2) is 12.4 Å². The van der Waals surface area contributed by atoms with Gasteiger partial charge in [-0.25, -0.2) is 0 Å². The lowest BCUT2D eigenvalue weighted by molar-refractivity contribution is 0.235. The van der Waals surface area contributed by atoms with Gasteiger partial charge in [-0.05, 0) is 55.5 Å². The zero-order valence-electron chi connectivity index (χ0n) is 11.5. The van der Waals surface area contributed by atoms with Crippen LogP contribution in [-0.2, 0) is 4.18 Å². The maximum Gasteiger partial charge on any atom is 0.122 e. The summed E-state index contributed by atoms with van der Waals surface area (Å²) in [6.45, 7) is 7.36. The predicted octanol–water partition coefficient (Wildman–Crippen LogP) is 4.53. The van der Waals surface area contributed by atoms with Crippen LogP contribution in [0.25, 0.3) is 0 Å². The first-order chi connectivity index (χ1) is 8.24. The Kier molecular flexibility index (Phi) is 7.81. The van der Waals surface area contributed by atoms with Crippen LogP contribution < -0.4 is 0 Å². The molecule has 0 amide bonds. The van der Waals surface area contributed by atoms with Crippen molar-refractivity contribution in [3.8, 4) is 11.8 Å². The monoisotopic (exact) mass is 254 g/mol. The topological polar surface area (TPSA) is 9.23 Å². The maximum atomic E-state index is 5.46. The standard InChI is InChI=1S/C15H26OS/c1-4-5-6-11-16-17-12-14-7-9-15(10-8-14)13(2)3/h13-15H,4,7-12H2,1-3H3. The SMILES string of the molecule is CCC#CCOSCC1CCC(C(C)C)CC1. The van der Waals surface area contributed by atoms with Gasteiger partial charge in [0.05, 0.1) is 0 Å². The molecule has 1 fully saturated rings. The normalized spacial score (nSPS) is 24.5. The number of hydrogen-bond acceptors (Lipinski definition) is 2. The van der Waals surface area contributed by atoms with Crippen LogP contribution in [0, 0.1) is 29.6 Å². The fourth-order valence-electron chi connectivity index (χ4n) is 2.41. The van der Waals surface area contributed by atoms with Gasteiger partial charge in [-0.2, -0.15) is 0 Å². The summed E-state index contributed by atoms with van der Waals surface area (Å²) in [5.41, 5.74) is 0. The van der Waals surface area contributed by atoms with Crippen LogP contribution in [0.5, 0.6) is 0 Å². The number of rotatable bonds is 5. The molecule has 2 heteroatoms. The van der Waals surface area contributed by atoms with Gasteiger partial charge in [-0.15, -0.1) is 5.92 Å². The lowest BCUT2D eigenvalue weighted by atomic mass is 9.78. The Balaban J connectivity index is 2.02. The van der Waals surface area contributed by atoms with Gasteiger partial charge in [0.25, 0.3) is 0 Å². The molecule has 0 aliphatic heterocycles. The summed E-state index contributed by atoms with van der Waals surface area (Å²) >= 11 is 1.62. The van der Waals surface area contributed by atoms with Crippen molar-refractivity contribution in [2.24, 2.45) is 17.8 Å². The minimum Gasteiger partial charge on any atom is -0.303 e. The van der Waals surface area contributed by atoms with Crippen LogP contribution in [0.4, 0.5) is 0 Å². The van der Waals surface area contributed by atoms with E-state index in [1.165, 1.54) is 25.7 Å². The molecule has 1 nitrogen and oxygen atoms in total. The molecule has 0 heterocycles. The molecular weight excluding hydrogens is 228 g/mol. The van der Waals surface area contributed by atoms with E-state index >= 15 is 0 Å². The first-order valence-corrected chi connectivity index (χ1v) is 7.85. The third-order valence-electron chi connectivity index (χ3n) is 3.65. The van der Waals surface area contributed by atoms with Crippen LogP contribution >= 0.6 is 12.0 Å². The van der Waals surface area contributed by atoms with Gasteiger partial charge in [-0.1, -0.05) is 26.7 Å². The molecule has 0 atom stereocenters. The molecule has 0 aromatic heterocycles. The maximum absolute atomic E-state index is 5.46. The molecule has 17 heavy (non-hydrogen) atoms. The molecular formula is C15H26OS. The molecule has 0 N–H and O–H groups in total. The molecule has 1 aliphatic carbocycles. The predicted molar refractivity (Wildman–Crippen MR) is 76.8 cm³/mol. The summed E-state index contributed by atoms with van der Waals surface area (Å²) in [5.74, 6) is 9.87. The van der Waals surface area contributed by atoms with Gasteiger partial charge in [0, 0.05) is 12.2 Å². The Morgan fingerprint density at radius 1 is 1.18 bits per heavy atom. The van der Waals surface area contributed by atoms with Crippen molar-refractivity contribution >= 4 is 12.0 Å². The highest BCUT2D eigenvalue weighted by atomic mass is 32.2. The zero-order chi connectivity index (χ0) is 12.5. The van der Waals surface area contributed by atoms with E-state index < -0.39 is 0 Å². The Morgan fingerprint density at radius 2 is 1.88 bits per heavy atom. The molecule has 1 saturated carbocycles. The molecule has 0 radical (unpaired) electrons. The van der Waals surface area contributed by atoms with Gasteiger partial charge in [-0.3, -0.25) is 0 Å². The van der Waals surface area contributed by atoms with E-state index in [1.54, 1.807) is 12.0 Å². The molecule has 0 aromatic rings. The Bertz CT molecular complexity index is 243. The molecule has 0 spiro atoms. The first-order valence-electron chi connectivity index (χ1n) is 6.94. The van der Waals surface area contributed by atoms with E-state index in [0.717, 1.165) is 29.9 Å². The first kappa shape index (κ1) is 14.9. The van der Waals surface area contributed by atoms with Crippen molar-refractivity contribution in [3.05, 3.63) is 0 Å². The van der Waals surface area contributed by atoms with E-state index in [1.807, 2.05) is 0 Å². The second-order valence-electron chi connectivity index (χ2n) is 5.28. The van der Waals surface area contributed by atoms with Crippen molar-refractivity contribution in [2.45, 2.75) is 52.9 Å². The average molecular weight is 254 g/mol. The molecule has 0 aromatic carbocycles. The highest BCUT2D eigenvalue weighted by Gasteiger charge is 2.23. The summed E-state index contributed by atoms with van der Waals surface area (Å²) in [5, 5.41) is 0. The van der Waals surface area contributed by atoms with Gasteiger partial charge in [0.2, 0.25) is 0 Å². The molecule has 0 saturated heterocycles. The van der Waals surface area contributed by atoms with Gasteiger partial charge in [0.15, 0.2) is 0 Å². The molecule has 0 unspecified atom stereocenters. The highest BCUT2D eigenvalue weighted by molar-refractivity contribution is 7.94. The summed E-state index contributed by atoms with van der Waals surface area (Å²) in [7, 11) is 0. The summed E-state index contributed by atoms with van der Waals surface area (Å²) < 4.78 is 5.46. The minimum absolute atomic E-state index is 0.583. The molecule has 1 rings (SSSR count). The zero-order valence-corrected chi connectivity index (χ0v) is 12.3. The minimum atomic E-state index is 0.583. The van der Waals surface area contributed by atoms with Crippen LogP contribution in [0.15, 0.2) is 0 Å². The van der Waals surface area contributed by atoms with Gasteiger partial charge >= 0.3 is 0 Å². The van der Waals surface area contributed by atoms with E-state index in [0.29, 0.717) is 6.61 Å². The Labute approximate surface area is 111 Å². The van der Waals surface area contributed by atoms with E-state index in [9.17, 15) is 0 Å². The summed E-state index contributed by atoms with van der Waals surface area (Å²) in [4.78, 5) is 0. The fourth-order valence-corrected chi connectivity index (χ4v) is 3.18. The van der Waals surface area contributed by atoms with Crippen molar-refractivity contribution in [2.75, 3.05) is 12.4 Å². The lowest BCUT2D eigenvalue weighted by Gasteiger charge is -2.30. The summed E-state index contributed by atoms with van der Waals surface area (Å²) in [6, 6.07) is 0. The third-order valence-corrected chi connectivity index (χ3v) is 4.55. The van der Waals surface area contributed by atoms with E-state index in [4.69, 9.17) is 4.18 Å². The molecule has 1 aliphatic rings. The van der Waals surface area contributed by atoms with Gasteiger partial charge in [0.1, 0.15) is 6.61 Å². The van der Waals surface area contributed by atoms with Crippen molar-refractivity contribution in [1.82, 2.24) is 0 Å². The van der Waals surface area contributed by atoms with Gasteiger partial charge < -0.3 is 4.18 Å². The smallest absolute Gasteiger partial charge is 0.122 e. The van der Waals surface area contributed by atoms with Crippen molar-refractivity contribution in [3.63, 3.8) is 0 Å². The Morgan fingerprint density at radius 3 is 2.47 bits per heavy atom. The van der Waals surface area contributed by atoms with Crippen LogP contribution in [0.1, 0.15) is 52.9 Å². The summed E-state index contributed by atoms with van der Waals surface area (Å²) in [6.07, 6.45) is 6.53. The second-order valence-corrected chi connectivity index (χ2v) is 6.08. The van der Waals surface area contributed by atoms with Crippen LogP contribution in [0.3, 0.4) is 0 Å². The Hall–Kier alpha value is -0.130. The van der Waals surface area contributed by atoms with Crippen molar-refractivity contribution in [1.29, 1.82) is 0 Å². The lowest BCUT2D eigenvalue weighted by Crippen LogP contribution is -2.19. The second kappa shape index (κ2) is 8.89. The van der Waals surface area contributed by atoms with Crippen LogP contribution in [0.2, 0.25) is 0 Å². The number of hydrogen-bond donors (Lipinski definition) is 0. The highest BCUT2D eigenvalue weighted by Crippen LogP contribution is 2.34. The fraction of sp³-hybridized carbons (Fsp3) is 0.867. The quantitative estimate of drug-likeness (QED) is 0.405. The average Bonchev–Trinajstić information content (AvgIpc) is 2.34.